The number of nitrogens with zero attached hydrogens (tertiary/aromatic N) is 1. The zero-order chi connectivity index (χ0) is 13.1. The Bertz CT molecular complexity index is 579. The van der Waals surface area contributed by atoms with Crippen LogP contribution in [0, 0.1) is 6.92 Å². The summed E-state index contributed by atoms with van der Waals surface area (Å²) in [5.74, 6) is -0.206. The van der Waals surface area contributed by atoms with Crippen LogP contribution in [-0.4, -0.2) is 10.9 Å². The lowest BCUT2D eigenvalue weighted by Gasteiger charge is -2.08. The van der Waals surface area contributed by atoms with Crippen molar-refractivity contribution in [3.05, 3.63) is 40.4 Å². The van der Waals surface area contributed by atoms with E-state index in [2.05, 4.69) is 10.3 Å². The van der Waals surface area contributed by atoms with E-state index in [1.54, 1.807) is 6.92 Å². The van der Waals surface area contributed by atoms with Crippen LogP contribution in [0.2, 0.25) is 0 Å². The molecule has 1 heterocycles. The average molecular weight is 262 g/mol. The van der Waals surface area contributed by atoms with Gasteiger partial charge >= 0.3 is 0 Å². The molecule has 0 radical (unpaired) electrons. The molecular formula is C12H14N4OS. The van der Waals surface area contributed by atoms with Crippen LogP contribution < -0.4 is 16.8 Å². The summed E-state index contributed by atoms with van der Waals surface area (Å²) in [4.78, 5) is 16.6. The van der Waals surface area contributed by atoms with E-state index in [0.717, 1.165) is 11.3 Å². The van der Waals surface area contributed by atoms with Crippen molar-refractivity contribution in [3.63, 3.8) is 0 Å². The molecule has 0 aliphatic heterocycles. The van der Waals surface area contributed by atoms with Crippen LogP contribution >= 0.6 is 11.3 Å². The van der Waals surface area contributed by atoms with Crippen LogP contribution in [0.4, 0.5) is 10.8 Å². The number of nitrogens with one attached hydrogen (secondary N) is 1. The Labute approximate surface area is 109 Å². The van der Waals surface area contributed by atoms with Gasteiger partial charge in [-0.25, -0.2) is 4.98 Å². The second-order valence-electron chi connectivity index (χ2n) is 3.78. The summed E-state index contributed by atoms with van der Waals surface area (Å²) >= 11 is 1.18. The van der Waals surface area contributed by atoms with Crippen LogP contribution in [0.25, 0.3) is 0 Å². The number of amides is 1. The maximum absolute atomic E-state index is 12.1. The minimum absolute atomic E-state index is 0.206. The summed E-state index contributed by atoms with van der Waals surface area (Å²) < 4.78 is 0. The molecule has 6 heteroatoms. The molecule has 0 spiro atoms. The molecule has 0 saturated carbocycles. The number of anilines is 2. The van der Waals surface area contributed by atoms with E-state index in [4.69, 9.17) is 11.5 Å². The Balaban J connectivity index is 2.24. The van der Waals surface area contributed by atoms with Gasteiger partial charge in [-0.05, 0) is 18.6 Å². The van der Waals surface area contributed by atoms with Gasteiger partial charge in [0, 0.05) is 12.2 Å². The number of thiazole rings is 1. The number of carbonyl (C=O) groups is 1. The Morgan fingerprint density at radius 2 is 2.17 bits per heavy atom. The molecule has 18 heavy (non-hydrogen) atoms. The number of aryl methyl sites for hydroxylation is 1. The Kier molecular flexibility index (Phi) is 3.59. The van der Waals surface area contributed by atoms with Gasteiger partial charge in [-0.3, -0.25) is 4.79 Å². The molecule has 0 bridgehead atoms. The molecule has 5 N–H and O–H groups in total. The highest BCUT2D eigenvalue weighted by Crippen LogP contribution is 2.22. The predicted octanol–water partition coefficient (Wildman–Crippen LogP) is 1.74. The topological polar surface area (TPSA) is 94.0 Å². The van der Waals surface area contributed by atoms with Gasteiger partial charge in [-0.2, -0.15) is 0 Å². The van der Waals surface area contributed by atoms with Gasteiger partial charge in [0.1, 0.15) is 4.88 Å². The number of hydrogen-bond acceptors (Lipinski definition) is 5. The van der Waals surface area contributed by atoms with Crippen LogP contribution in [-0.2, 0) is 6.54 Å². The molecule has 0 unspecified atom stereocenters. The molecule has 1 aromatic carbocycles. The fourth-order valence-electron chi connectivity index (χ4n) is 1.63. The first-order valence-electron chi connectivity index (χ1n) is 5.44. The minimum Gasteiger partial charge on any atom is -0.375 e. The van der Waals surface area contributed by atoms with Crippen molar-refractivity contribution in [2.75, 3.05) is 11.1 Å². The summed E-state index contributed by atoms with van der Waals surface area (Å²) in [6.45, 7) is 2.14. The molecule has 2 aromatic rings. The first-order chi connectivity index (χ1) is 8.61. The molecule has 0 aliphatic carbocycles. The summed E-state index contributed by atoms with van der Waals surface area (Å²) in [6, 6.07) is 7.43. The van der Waals surface area contributed by atoms with Gasteiger partial charge in [0.05, 0.1) is 5.69 Å². The largest absolute Gasteiger partial charge is 0.375 e. The van der Waals surface area contributed by atoms with E-state index in [-0.39, 0.29) is 5.91 Å². The van der Waals surface area contributed by atoms with Crippen LogP contribution in [0.15, 0.2) is 24.3 Å². The van der Waals surface area contributed by atoms with E-state index in [0.29, 0.717) is 22.2 Å². The lowest BCUT2D eigenvalue weighted by atomic mass is 10.2. The van der Waals surface area contributed by atoms with Crippen molar-refractivity contribution in [1.82, 2.24) is 4.98 Å². The highest BCUT2D eigenvalue weighted by molar-refractivity contribution is 7.17. The first-order valence-corrected chi connectivity index (χ1v) is 6.25. The maximum atomic E-state index is 12.1. The zero-order valence-electron chi connectivity index (χ0n) is 9.93. The van der Waals surface area contributed by atoms with Gasteiger partial charge < -0.3 is 16.8 Å². The predicted molar refractivity (Wildman–Crippen MR) is 73.6 cm³/mol. The number of nitrogens with two attached hydrogens (primary N) is 2. The number of nitrogen functional groups attached to an aromatic ring is 1. The number of benzene rings is 1. The van der Waals surface area contributed by atoms with Crippen molar-refractivity contribution in [2.45, 2.75) is 13.5 Å². The van der Waals surface area contributed by atoms with Crippen molar-refractivity contribution in [3.8, 4) is 0 Å². The molecule has 2 rings (SSSR count). The number of aromatic nitrogens is 1. The molecule has 1 amide bonds. The van der Waals surface area contributed by atoms with E-state index in [1.165, 1.54) is 11.3 Å². The van der Waals surface area contributed by atoms with Gasteiger partial charge in [0.25, 0.3) is 5.91 Å². The number of carbonyl (C=O) groups excluding carboxylic acids is 1. The molecule has 0 fully saturated rings. The Hall–Kier alpha value is -1.92. The smallest absolute Gasteiger partial charge is 0.267 e. The third kappa shape index (κ3) is 2.49. The van der Waals surface area contributed by atoms with Crippen molar-refractivity contribution >= 4 is 28.1 Å². The molecular weight excluding hydrogens is 248 g/mol. The average Bonchev–Trinajstić information content (AvgIpc) is 2.69. The second kappa shape index (κ2) is 5.16. The highest BCUT2D eigenvalue weighted by Gasteiger charge is 2.15. The molecule has 94 valence electrons. The summed E-state index contributed by atoms with van der Waals surface area (Å²) in [7, 11) is 0. The standard InChI is InChI=1S/C12H14N4OS/c1-7-10(18-12(14)15-7)11(17)16-9-5-3-2-4-8(9)6-13/h2-5H,6,13H2,1H3,(H2,14,15)(H,16,17). The Morgan fingerprint density at radius 3 is 2.78 bits per heavy atom. The molecule has 0 atom stereocenters. The fourth-order valence-corrected chi connectivity index (χ4v) is 2.36. The summed E-state index contributed by atoms with van der Waals surface area (Å²) in [6.07, 6.45) is 0. The lowest BCUT2D eigenvalue weighted by Crippen LogP contribution is -2.14. The second-order valence-corrected chi connectivity index (χ2v) is 4.81. The molecule has 0 aliphatic rings. The number of rotatable bonds is 3. The maximum Gasteiger partial charge on any atom is 0.267 e. The SMILES string of the molecule is Cc1nc(N)sc1C(=O)Nc1ccccc1CN. The quantitative estimate of drug-likeness (QED) is 0.785. The number of hydrogen-bond donors (Lipinski definition) is 3. The third-order valence-corrected chi connectivity index (χ3v) is 3.49. The number of para-hydroxylation sites is 1. The fraction of sp³-hybridized carbons (Fsp3) is 0.167. The third-order valence-electron chi connectivity index (χ3n) is 2.50. The van der Waals surface area contributed by atoms with E-state index < -0.39 is 0 Å². The van der Waals surface area contributed by atoms with Gasteiger partial charge in [-0.1, -0.05) is 29.5 Å². The van der Waals surface area contributed by atoms with E-state index in [9.17, 15) is 4.79 Å². The van der Waals surface area contributed by atoms with Crippen molar-refractivity contribution < 1.29 is 4.79 Å². The van der Waals surface area contributed by atoms with Crippen LogP contribution in [0.1, 0.15) is 20.9 Å². The normalized spacial score (nSPS) is 10.3. The van der Waals surface area contributed by atoms with E-state index >= 15 is 0 Å². The lowest BCUT2D eigenvalue weighted by molar-refractivity contribution is 0.102. The molecule has 0 saturated heterocycles. The van der Waals surface area contributed by atoms with Gasteiger partial charge in [0.2, 0.25) is 0 Å². The summed E-state index contributed by atoms with van der Waals surface area (Å²) in [5.41, 5.74) is 13.4. The highest BCUT2D eigenvalue weighted by atomic mass is 32.1. The van der Waals surface area contributed by atoms with Gasteiger partial charge in [0.15, 0.2) is 5.13 Å². The molecule has 1 aromatic heterocycles. The summed E-state index contributed by atoms with van der Waals surface area (Å²) in [5, 5.41) is 3.22. The van der Waals surface area contributed by atoms with Gasteiger partial charge in [-0.15, -0.1) is 0 Å². The van der Waals surface area contributed by atoms with Crippen molar-refractivity contribution in [2.24, 2.45) is 5.73 Å². The first kappa shape index (κ1) is 12.5. The van der Waals surface area contributed by atoms with Crippen molar-refractivity contribution in [1.29, 1.82) is 0 Å². The van der Waals surface area contributed by atoms with E-state index in [1.807, 2.05) is 24.3 Å². The zero-order valence-corrected chi connectivity index (χ0v) is 10.8. The molecule has 5 nitrogen and oxygen atoms in total. The minimum atomic E-state index is -0.206. The van der Waals surface area contributed by atoms with Crippen LogP contribution in [0.3, 0.4) is 0 Å². The Morgan fingerprint density at radius 1 is 1.44 bits per heavy atom. The monoisotopic (exact) mass is 262 g/mol. The van der Waals surface area contributed by atoms with Crippen LogP contribution in [0.5, 0.6) is 0 Å².